The Hall–Kier alpha value is -2.75. The maximum absolute atomic E-state index is 12.4. The van der Waals surface area contributed by atoms with E-state index in [1.54, 1.807) is 0 Å². The predicted molar refractivity (Wildman–Crippen MR) is 113 cm³/mol. The first-order chi connectivity index (χ1) is 13.0. The van der Waals surface area contributed by atoms with Gasteiger partial charge in [-0.15, -0.1) is 0 Å². The second-order valence-corrected chi connectivity index (χ2v) is 7.38. The van der Waals surface area contributed by atoms with E-state index < -0.39 is 0 Å². The SMILES string of the molecule is CCC(C)C(=O)NCC(c1ccc(N(C)C)cc1)c1c[nH]c2ccccc12. The molecule has 0 radical (unpaired) electrons. The Bertz CT molecular complexity index is 895. The Morgan fingerprint density at radius 1 is 1.11 bits per heavy atom. The van der Waals surface area contributed by atoms with E-state index in [0.717, 1.165) is 11.9 Å². The van der Waals surface area contributed by atoms with Crippen molar-refractivity contribution < 1.29 is 4.79 Å². The van der Waals surface area contributed by atoms with E-state index in [1.165, 1.54) is 22.2 Å². The summed E-state index contributed by atoms with van der Waals surface area (Å²) in [7, 11) is 4.08. The molecule has 2 unspecified atom stereocenters. The van der Waals surface area contributed by atoms with Gasteiger partial charge in [0.25, 0.3) is 0 Å². The highest BCUT2D eigenvalue weighted by molar-refractivity contribution is 5.84. The fraction of sp³-hybridized carbons (Fsp3) is 0.348. The van der Waals surface area contributed by atoms with E-state index in [9.17, 15) is 4.79 Å². The van der Waals surface area contributed by atoms with Gasteiger partial charge < -0.3 is 15.2 Å². The number of fused-ring (bicyclic) bond motifs is 1. The van der Waals surface area contributed by atoms with Gasteiger partial charge in [-0.05, 0) is 35.7 Å². The Kier molecular flexibility index (Phi) is 5.84. The Balaban J connectivity index is 1.94. The number of para-hydroxylation sites is 1. The van der Waals surface area contributed by atoms with Gasteiger partial charge in [0.05, 0.1) is 0 Å². The number of anilines is 1. The number of nitrogens with zero attached hydrogens (tertiary/aromatic N) is 1. The van der Waals surface area contributed by atoms with Crippen LogP contribution in [0.1, 0.15) is 37.3 Å². The number of benzene rings is 2. The lowest BCUT2D eigenvalue weighted by Gasteiger charge is -2.21. The van der Waals surface area contributed by atoms with Crippen LogP contribution in [0.5, 0.6) is 0 Å². The minimum absolute atomic E-state index is 0.0322. The average Bonchev–Trinajstić information content (AvgIpc) is 3.11. The molecule has 2 atom stereocenters. The van der Waals surface area contributed by atoms with Gasteiger partial charge >= 0.3 is 0 Å². The van der Waals surface area contributed by atoms with Crippen LogP contribution in [-0.4, -0.2) is 31.5 Å². The smallest absolute Gasteiger partial charge is 0.222 e. The van der Waals surface area contributed by atoms with Crippen molar-refractivity contribution in [2.75, 3.05) is 25.5 Å². The molecule has 0 bridgehead atoms. The fourth-order valence-corrected chi connectivity index (χ4v) is 3.36. The molecule has 3 aromatic rings. The molecule has 2 aromatic carbocycles. The van der Waals surface area contributed by atoms with Gasteiger partial charge in [0.2, 0.25) is 5.91 Å². The Morgan fingerprint density at radius 3 is 2.48 bits per heavy atom. The van der Waals surface area contributed by atoms with E-state index >= 15 is 0 Å². The molecule has 0 aliphatic rings. The van der Waals surface area contributed by atoms with Gasteiger partial charge in [-0.25, -0.2) is 0 Å². The van der Waals surface area contributed by atoms with Crippen molar-refractivity contribution in [3.8, 4) is 0 Å². The summed E-state index contributed by atoms with van der Waals surface area (Å²) in [6.07, 6.45) is 2.92. The van der Waals surface area contributed by atoms with Crippen molar-refractivity contribution >= 4 is 22.5 Å². The number of hydrogen-bond donors (Lipinski definition) is 2. The predicted octanol–water partition coefficient (Wildman–Crippen LogP) is 4.53. The largest absolute Gasteiger partial charge is 0.378 e. The zero-order chi connectivity index (χ0) is 19.4. The lowest BCUT2D eigenvalue weighted by atomic mass is 9.90. The third-order valence-electron chi connectivity index (χ3n) is 5.35. The highest BCUT2D eigenvalue weighted by Gasteiger charge is 2.20. The molecule has 4 heteroatoms. The number of carbonyl (C=O) groups is 1. The van der Waals surface area contributed by atoms with Gasteiger partial charge in [-0.2, -0.15) is 0 Å². The van der Waals surface area contributed by atoms with Crippen molar-refractivity contribution in [3.05, 3.63) is 65.9 Å². The highest BCUT2D eigenvalue weighted by Crippen LogP contribution is 2.31. The summed E-state index contributed by atoms with van der Waals surface area (Å²) in [5, 5.41) is 4.36. The van der Waals surface area contributed by atoms with E-state index in [0.29, 0.717) is 6.54 Å². The zero-order valence-electron chi connectivity index (χ0n) is 16.6. The van der Waals surface area contributed by atoms with Crippen LogP contribution >= 0.6 is 0 Å². The molecular weight excluding hydrogens is 334 g/mol. The second kappa shape index (κ2) is 8.30. The molecule has 27 heavy (non-hydrogen) atoms. The Morgan fingerprint density at radius 2 is 1.81 bits per heavy atom. The molecule has 0 aliphatic carbocycles. The van der Waals surface area contributed by atoms with Crippen LogP contribution in [0.4, 0.5) is 5.69 Å². The molecule has 0 spiro atoms. The third kappa shape index (κ3) is 4.16. The number of aromatic nitrogens is 1. The zero-order valence-corrected chi connectivity index (χ0v) is 16.6. The number of carbonyl (C=O) groups excluding carboxylic acids is 1. The first kappa shape index (κ1) is 19.0. The molecule has 4 nitrogen and oxygen atoms in total. The summed E-state index contributed by atoms with van der Waals surface area (Å²) in [6.45, 7) is 4.61. The van der Waals surface area contributed by atoms with Crippen LogP contribution in [-0.2, 0) is 4.79 Å². The lowest BCUT2D eigenvalue weighted by molar-refractivity contribution is -0.124. The molecule has 1 amide bonds. The van der Waals surface area contributed by atoms with Crippen LogP contribution in [0.3, 0.4) is 0 Å². The summed E-state index contributed by atoms with van der Waals surface area (Å²) in [4.78, 5) is 17.8. The van der Waals surface area contributed by atoms with E-state index in [-0.39, 0.29) is 17.7 Å². The first-order valence-electron chi connectivity index (χ1n) is 9.62. The van der Waals surface area contributed by atoms with Crippen LogP contribution in [0.25, 0.3) is 10.9 Å². The topological polar surface area (TPSA) is 48.1 Å². The molecule has 1 aromatic heterocycles. The van der Waals surface area contributed by atoms with Crippen LogP contribution in [0.2, 0.25) is 0 Å². The molecule has 0 saturated carbocycles. The van der Waals surface area contributed by atoms with E-state index in [2.05, 4.69) is 63.9 Å². The van der Waals surface area contributed by atoms with Gasteiger partial charge in [0, 0.05) is 55.3 Å². The van der Waals surface area contributed by atoms with Gasteiger partial charge in [-0.3, -0.25) is 4.79 Å². The Labute approximate surface area is 161 Å². The van der Waals surface area contributed by atoms with Crippen molar-refractivity contribution in [1.29, 1.82) is 0 Å². The molecule has 0 fully saturated rings. The fourth-order valence-electron chi connectivity index (χ4n) is 3.36. The molecule has 0 aliphatic heterocycles. The van der Waals surface area contributed by atoms with Gasteiger partial charge in [-0.1, -0.05) is 44.2 Å². The molecule has 0 saturated heterocycles. The molecule has 142 valence electrons. The van der Waals surface area contributed by atoms with E-state index in [4.69, 9.17) is 0 Å². The maximum Gasteiger partial charge on any atom is 0.222 e. The molecule has 2 N–H and O–H groups in total. The van der Waals surface area contributed by atoms with Crippen LogP contribution in [0.15, 0.2) is 54.7 Å². The highest BCUT2D eigenvalue weighted by atomic mass is 16.1. The van der Waals surface area contributed by atoms with Crippen LogP contribution in [0, 0.1) is 5.92 Å². The summed E-state index contributed by atoms with van der Waals surface area (Å²) < 4.78 is 0. The minimum atomic E-state index is 0.0322. The van der Waals surface area contributed by atoms with Crippen molar-refractivity contribution in [3.63, 3.8) is 0 Å². The minimum Gasteiger partial charge on any atom is -0.378 e. The lowest BCUT2D eigenvalue weighted by Crippen LogP contribution is -2.32. The molecule has 3 rings (SSSR count). The normalized spacial score (nSPS) is 13.3. The van der Waals surface area contributed by atoms with Crippen molar-refractivity contribution in [2.24, 2.45) is 5.92 Å². The quantitative estimate of drug-likeness (QED) is 0.648. The first-order valence-corrected chi connectivity index (χ1v) is 9.62. The number of amides is 1. The summed E-state index contributed by atoms with van der Waals surface area (Å²) in [5.74, 6) is 0.252. The third-order valence-corrected chi connectivity index (χ3v) is 5.35. The summed E-state index contributed by atoms with van der Waals surface area (Å²) >= 11 is 0. The number of hydrogen-bond acceptors (Lipinski definition) is 2. The van der Waals surface area contributed by atoms with Crippen molar-refractivity contribution in [2.45, 2.75) is 26.2 Å². The van der Waals surface area contributed by atoms with Gasteiger partial charge in [0.15, 0.2) is 0 Å². The maximum atomic E-state index is 12.4. The number of aromatic amines is 1. The number of nitrogens with one attached hydrogen (secondary N) is 2. The summed E-state index contributed by atoms with van der Waals surface area (Å²) in [5.41, 5.74) is 4.71. The molecule has 1 heterocycles. The summed E-state index contributed by atoms with van der Waals surface area (Å²) in [6, 6.07) is 16.9. The van der Waals surface area contributed by atoms with E-state index in [1.807, 2.05) is 34.0 Å². The van der Waals surface area contributed by atoms with Gasteiger partial charge in [0.1, 0.15) is 0 Å². The monoisotopic (exact) mass is 363 g/mol. The average molecular weight is 364 g/mol. The second-order valence-electron chi connectivity index (χ2n) is 7.38. The standard InChI is InChI=1S/C23H29N3O/c1-5-16(2)23(27)25-14-20(17-10-12-18(13-11-17)26(3)4)21-15-24-22-9-7-6-8-19(21)22/h6-13,15-16,20,24H,5,14H2,1-4H3,(H,25,27). The number of rotatable bonds is 7. The number of H-pyrrole nitrogens is 1. The van der Waals surface area contributed by atoms with Crippen LogP contribution < -0.4 is 10.2 Å². The molecular formula is C23H29N3O. The van der Waals surface area contributed by atoms with Crippen molar-refractivity contribution in [1.82, 2.24) is 10.3 Å².